The number of hydrogen-bond donors (Lipinski definition) is 5. The molecule has 25 heteroatoms. The first kappa shape index (κ1) is 66.5. The van der Waals surface area contributed by atoms with E-state index in [-0.39, 0.29) is 29.0 Å². The van der Waals surface area contributed by atoms with Crippen molar-refractivity contribution < 1.29 is 42.8 Å². The number of carbonyl (C=O) groups is 3. The number of alkyl halides is 1. The maximum Gasteiger partial charge on any atom is 0.337 e. The summed E-state index contributed by atoms with van der Waals surface area (Å²) in [4.78, 5) is 59.4. The number of nitrogens with zero attached hydrogens (tertiary/aromatic N) is 8. The van der Waals surface area contributed by atoms with Crippen LogP contribution in [0.4, 0.5) is 23.7 Å². The zero-order valence-electron chi connectivity index (χ0n) is 48.3. The van der Waals surface area contributed by atoms with E-state index in [4.69, 9.17) is 69.8 Å². The van der Waals surface area contributed by atoms with E-state index < -0.39 is 11.9 Å². The van der Waals surface area contributed by atoms with E-state index in [0.29, 0.717) is 68.5 Å². The fourth-order valence-electron chi connectivity index (χ4n) is 8.38. The van der Waals surface area contributed by atoms with Gasteiger partial charge >= 0.3 is 17.9 Å². The van der Waals surface area contributed by atoms with Gasteiger partial charge in [-0.1, -0.05) is 103 Å². The molecule has 0 unspecified atom stereocenters. The number of fused-ring (bicyclic) bond motifs is 3. The molecular weight excluding hydrogens is 1190 g/mol. The van der Waals surface area contributed by atoms with Crippen LogP contribution in [0, 0.1) is 0 Å². The maximum absolute atomic E-state index is 11.8. The van der Waals surface area contributed by atoms with Gasteiger partial charge in [0.25, 0.3) is 0 Å². The van der Waals surface area contributed by atoms with Crippen LogP contribution < -0.4 is 42.5 Å². The van der Waals surface area contributed by atoms with Gasteiger partial charge in [-0.05, 0) is 80.4 Å². The molecule has 0 aliphatic heterocycles. The number of esters is 3. The van der Waals surface area contributed by atoms with Crippen molar-refractivity contribution in [3.05, 3.63) is 140 Å². The Morgan fingerprint density at radius 1 is 0.583 bits per heavy atom. The van der Waals surface area contributed by atoms with E-state index in [2.05, 4.69) is 69.7 Å². The van der Waals surface area contributed by atoms with Gasteiger partial charge in [0.05, 0.1) is 89.2 Å². The Balaban J connectivity index is 0.000000209. The molecule has 8 aromatic rings. The number of hydrogen-bond acceptors (Lipinski definition) is 20. The zero-order valence-corrected chi connectivity index (χ0v) is 51.4. The Morgan fingerprint density at radius 3 is 1.51 bits per heavy atom. The third-order valence-corrected chi connectivity index (χ3v) is 13.8. The molecule has 0 fully saturated rings. The third kappa shape index (κ3) is 18.4. The van der Waals surface area contributed by atoms with Crippen molar-refractivity contribution in [2.45, 2.75) is 77.2 Å². The molecule has 9 rings (SSSR count). The van der Waals surface area contributed by atoms with Gasteiger partial charge in [0.1, 0.15) is 33.4 Å². The number of benzene rings is 3. The molecule has 22 nitrogen and oxygen atoms in total. The molecule has 0 saturated carbocycles. The van der Waals surface area contributed by atoms with E-state index in [0.717, 1.165) is 83.6 Å². The molecule has 0 saturated heterocycles. The van der Waals surface area contributed by atoms with Gasteiger partial charge in [-0.25, -0.2) is 34.3 Å². The molecule has 5 aromatic heterocycles. The number of ether oxygens (including phenoxy) is 6. The molecule has 3 aromatic carbocycles. The summed E-state index contributed by atoms with van der Waals surface area (Å²) in [5.74, 6) is 2.03. The number of methoxy groups -OCH3 is 6. The zero-order chi connectivity index (χ0) is 61.3. The number of halogens is 3. The second-order valence-corrected chi connectivity index (χ2v) is 19.6. The summed E-state index contributed by atoms with van der Waals surface area (Å²) >= 11 is 15.3. The number of allylic oxidation sites excluding steroid dienone is 1. The molecule has 9 N–H and O–H groups in total. The molecule has 5 heterocycles. The van der Waals surface area contributed by atoms with Crippen LogP contribution in [0.5, 0.6) is 17.2 Å². The lowest BCUT2D eigenvalue weighted by Gasteiger charge is -2.14. The van der Waals surface area contributed by atoms with Crippen LogP contribution in [0.3, 0.4) is 0 Å². The quantitative estimate of drug-likeness (QED) is 0.0165. The fraction of sp³-hybridized carbons (Fsp3) is 0.339. The average molecular weight is 1260 g/mol. The summed E-state index contributed by atoms with van der Waals surface area (Å²) in [6.07, 6.45) is 15.6. The monoisotopic (exact) mass is 1260 g/mol. The minimum atomic E-state index is -0.418. The van der Waals surface area contributed by atoms with Crippen LogP contribution in [-0.2, 0) is 39.1 Å². The third-order valence-electron chi connectivity index (χ3n) is 12.6. The van der Waals surface area contributed by atoms with Gasteiger partial charge in [-0.3, -0.25) is 0 Å². The molecule has 84 heavy (non-hydrogen) atoms. The lowest BCUT2D eigenvalue weighted by Crippen LogP contribution is -2.10. The number of nitrogen functional groups attached to an aromatic ring is 3. The van der Waals surface area contributed by atoms with Gasteiger partial charge in [0.2, 0.25) is 17.8 Å². The second kappa shape index (κ2) is 33.8. The summed E-state index contributed by atoms with van der Waals surface area (Å²) in [5, 5.41) is 4.84. The highest BCUT2D eigenvalue weighted by atomic mass is 79.9. The first-order valence-corrected chi connectivity index (χ1v) is 28.5. The Bertz CT molecular complexity index is 3520. The standard InChI is InChI=1S/C21H27N5O3.C16H15ClN4O3.C10H11BrO3.C7H6ClN3.C5H13N/c1-4-5-6-10-23-19-18-16(24-21(22)25-19)9-11-26(18)13-15-8-7-14(20(27)29-3)12-17(15)28-2;1-23-12-7-9(15(22)24-2)3-4-10(12)8-21-6-5-11-13(21)14(17)20-16(18)19-11;1-13-9-5-7(10(12)14-2)3-4-8(9)6-11;8-6-4-2-1-3-5(4)10-7(9)11-6;1-2-3-4-5-6/h7-9,11-12H,4-6,10,13H2,1-3H3,(H3,22,23,24,25);3-7H,8H2,1-2H3,(H2,18,19,20);3-5H,6H2,1-2H3;1,3H,2H2,(H2,9,10,11);2-6H2,1H3. The number of nitrogens with one attached hydrogen (secondary N) is 1. The van der Waals surface area contributed by atoms with E-state index in [1.54, 1.807) is 57.7 Å². The first-order chi connectivity index (χ1) is 40.5. The Morgan fingerprint density at radius 2 is 1.04 bits per heavy atom. The number of anilines is 4. The van der Waals surface area contributed by atoms with Crippen molar-refractivity contribution in [1.29, 1.82) is 0 Å². The second-order valence-electron chi connectivity index (χ2n) is 18.3. The van der Waals surface area contributed by atoms with Gasteiger partial charge in [0, 0.05) is 46.5 Å². The number of carbonyl (C=O) groups excluding carboxylic acids is 3. The van der Waals surface area contributed by atoms with Gasteiger partial charge in [0.15, 0.2) is 11.0 Å². The summed E-state index contributed by atoms with van der Waals surface area (Å²) in [6.45, 7) is 7.03. The van der Waals surface area contributed by atoms with Crippen molar-refractivity contribution in [2.24, 2.45) is 5.73 Å². The van der Waals surface area contributed by atoms with E-state index in [1.807, 2.05) is 64.0 Å². The number of nitrogens with two attached hydrogens (primary N) is 4. The van der Waals surface area contributed by atoms with Crippen LogP contribution in [-0.4, -0.2) is 113 Å². The van der Waals surface area contributed by atoms with E-state index in [9.17, 15) is 14.4 Å². The normalized spacial score (nSPS) is 10.9. The highest BCUT2D eigenvalue weighted by molar-refractivity contribution is 9.08. The number of aromatic nitrogens is 8. The fourth-order valence-corrected chi connectivity index (χ4v) is 9.39. The minimum absolute atomic E-state index is 0.130. The minimum Gasteiger partial charge on any atom is -0.496 e. The topological polar surface area (TPSA) is 310 Å². The Hall–Kier alpha value is -8.25. The molecule has 1 aliphatic rings. The van der Waals surface area contributed by atoms with Crippen LogP contribution in [0.15, 0.2) is 85.2 Å². The molecule has 0 atom stereocenters. The predicted octanol–water partition coefficient (Wildman–Crippen LogP) is 10.8. The lowest BCUT2D eigenvalue weighted by molar-refractivity contribution is 0.0591. The Labute approximate surface area is 506 Å². The van der Waals surface area contributed by atoms with Crippen molar-refractivity contribution in [1.82, 2.24) is 39.0 Å². The average Bonchev–Trinajstić information content (AvgIpc) is 4.47. The van der Waals surface area contributed by atoms with Crippen molar-refractivity contribution >= 4 is 109 Å². The van der Waals surface area contributed by atoms with Crippen LogP contribution >= 0.6 is 39.1 Å². The molecule has 0 spiro atoms. The molecule has 0 radical (unpaired) electrons. The molecule has 0 amide bonds. The van der Waals surface area contributed by atoms with Gasteiger partial charge < -0.3 is 65.8 Å². The van der Waals surface area contributed by atoms with Gasteiger partial charge in [-0.15, -0.1) is 0 Å². The molecule has 448 valence electrons. The van der Waals surface area contributed by atoms with Crippen molar-refractivity contribution in [3.63, 3.8) is 0 Å². The van der Waals surface area contributed by atoms with Crippen LogP contribution in [0.25, 0.3) is 28.1 Å². The molecule has 1 aliphatic carbocycles. The van der Waals surface area contributed by atoms with Crippen LogP contribution in [0.1, 0.15) is 111 Å². The van der Waals surface area contributed by atoms with Crippen molar-refractivity contribution in [2.75, 3.05) is 78.3 Å². The number of rotatable bonds is 19. The van der Waals surface area contributed by atoms with Gasteiger partial charge in [-0.2, -0.15) is 9.97 Å². The highest BCUT2D eigenvalue weighted by Gasteiger charge is 2.18. The molecule has 0 bridgehead atoms. The van der Waals surface area contributed by atoms with E-state index in [1.165, 1.54) is 40.6 Å². The SMILES string of the molecule is CCCCCN.CCCCCNc1nc(N)nc2ccn(Cc3ccc(C(=O)OC)cc3OC)c12.COC(=O)c1ccc(CBr)c(OC)c1.COC(=O)c1ccc(Cn2ccc3nc(N)nc(Cl)c32)c(OC)c1.Nc1nc(Cl)c2c(n1)C=CC2. The lowest BCUT2D eigenvalue weighted by atomic mass is 10.1. The predicted molar refractivity (Wildman–Crippen MR) is 334 cm³/mol. The molecular formula is C59H72BrCl2N13O9. The van der Waals surface area contributed by atoms with E-state index >= 15 is 0 Å². The first-order valence-electron chi connectivity index (χ1n) is 26.7. The Kier molecular flexibility index (Phi) is 26.7. The van der Waals surface area contributed by atoms with Crippen molar-refractivity contribution in [3.8, 4) is 17.2 Å². The highest BCUT2D eigenvalue weighted by Crippen LogP contribution is 2.30. The number of unbranched alkanes of at least 4 members (excludes halogenated alkanes) is 4. The van der Waals surface area contributed by atoms with Crippen LogP contribution in [0.2, 0.25) is 10.3 Å². The smallest absolute Gasteiger partial charge is 0.337 e. The summed E-state index contributed by atoms with van der Waals surface area (Å²) in [6, 6.07) is 19.4. The summed E-state index contributed by atoms with van der Waals surface area (Å²) < 4.78 is 34.1. The summed E-state index contributed by atoms with van der Waals surface area (Å²) in [5.41, 5.74) is 31.1. The maximum atomic E-state index is 11.8. The summed E-state index contributed by atoms with van der Waals surface area (Å²) in [7, 11) is 8.75. The largest absolute Gasteiger partial charge is 0.496 e.